The minimum atomic E-state index is 0.868. The van der Waals surface area contributed by atoms with Gasteiger partial charge in [-0.15, -0.1) is 0 Å². The smallest absolute Gasteiger partial charge is 0.0406 e. The van der Waals surface area contributed by atoms with E-state index in [1.807, 2.05) is 0 Å². The first-order valence-electron chi connectivity index (χ1n) is 6.54. The molecule has 0 spiro atoms. The van der Waals surface area contributed by atoms with Crippen LogP contribution in [0.4, 0.5) is 5.69 Å². The zero-order chi connectivity index (χ0) is 14.0. The van der Waals surface area contributed by atoms with Crippen LogP contribution in [0.2, 0.25) is 0 Å². The highest BCUT2D eigenvalue weighted by molar-refractivity contribution is 9.10. The number of halogens is 1. The Labute approximate surface area is 124 Å². The van der Waals surface area contributed by atoms with E-state index in [-0.39, 0.29) is 0 Å². The van der Waals surface area contributed by atoms with Crippen LogP contribution in [0.5, 0.6) is 0 Å². The van der Waals surface area contributed by atoms with E-state index in [0.717, 1.165) is 16.7 Å². The molecule has 0 aliphatic rings. The third kappa shape index (κ3) is 3.38. The molecule has 0 atom stereocenters. The Morgan fingerprint density at radius 2 is 1.53 bits per heavy atom. The summed E-state index contributed by atoms with van der Waals surface area (Å²) in [5, 5.41) is 3.50. The molecule has 0 bridgehead atoms. The number of nitrogens with one attached hydrogen (secondary N) is 1. The molecule has 1 nitrogen and oxygen atoms in total. The van der Waals surface area contributed by atoms with E-state index in [1.165, 1.54) is 27.8 Å². The summed E-state index contributed by atoms with van der Waals surface area (Å²) in [6.45, 7) is 9.48. The second kappa shape index (κ2) is 5.79. The Balaban J connectivity index is 2.16. The standard InChI is InChI=1S/C17H20BrN/c1-11-7-13(3)16(14(4)8-11)10-19-15-6-5-12(2)17(18)9-15/h5-9,19H,10H2,1-4H3. The molecular formula is C17H20BrN. The van der Waals surface area contributed by atoms with Crippen molar-refractivity contribution in [1.82, 2.24) is 0 Å². The van der Waals surface area contributed by atoms with Gasteiger partial charge in [0, 0.05) is 16.7 Å². The van der Waals surface area contributed by atoms with Crippen LogP contribution in [-0.4, -0.2) is 0 Å². The molecule has 0 radical (unpaired) electrons. The molecule has 0 saturated carbocycles. The average Bonchev–Trinajstić information content (AvgIpc) is 2.32. The third-order valence-corrected chi connectivity index (χ3v) is 4.34. The van der Waals surface area contributed by atoms with Crippen molar-refractivity contribution in [1.29, 1.82) is 0 Å². The van der Waals surface area contributed by atoms with Crippen LogP contribution < -0.4 is 5.32 Å². The Morgan fingerprint density at radius 3 is 2.11 bits per heavy atom. The number of anilines is 1. The SMILES string of the molecule is Cc1cc(C)c(CNc2ccc(C)c(Br)c2)c(C)c1. The van der Waals surface area contributed by atoms with Gasteiger partial charge in [0.15, 0.2) is 0 Å². The van der Waals surface area contributed by atoms with E-state index >= 15 is 0 Å². The van der Waals surface area contributed by atoms with Crippen molar-refractivity contribution < 1.29 is 0 Å². The minimum Gasteiger partial charge on any atom is -0.381 e. The number of benzene rings is 2. The van der Waals surface area contributed by atoms with E-state index in [4.69, 9.17) is 0 Å². The molecule has 0 heterocycles. The first kappa shape index (κ1) is 14.1. The number of aryl methyl sites for hydroxylation is 4. The molecule has 0 aliphatic heterocycles. The Hall–Kier alpha value is -1.28. The first-order valence-corrected chi connectivity index (χ1v) is 7.33. The maximum absolute atomic E-state index is 3.57. The number of hydrogen-bond acceptors (Lipinski definition) is 1. The lowest BCUT2D eigenvalue weighted by Gasteiger charge is -2.13. The molecule has 100 valence electrons. The minimum absolute atomic E-state index is 0.868. The highest BCUT2D eigenvalue weighted by Crippen LogP contribution is 2.22. The molecule has 2 heteroatoms. The van der Waals surface area contributed by atoms with Crippen LogP contribution in [0, 0.1) is 27.7 Å². The predicted molar refractivity (Wildman–Crippen MR) is 86.9 cm³/mol. The fraction of sp³-hybridized carbons (Fsp3) is 0.294. The molecule has 0 aliphatic carbocycles. The van der Waals surface area contributed by atoms with Crippen molar-refractivity contribution >= 4 is 21.6 Å². The maximum atomic E-state index is 3.57. The number of rotatable bonds is 3. The van der Waals surface area contributed by atoms with Crippen LogP contribution >= 0.6 is 15.9 Å². The summed E-state index contributed by atoms with van der Waals surface area (Å²) in [7, 11) is 0. The van der Waals surface area contributed by atoms with Gasteiger partial charge < -0.3 is 5.32 Å². The van der Waals surface area contributed by atoms with Gasteiger partial charge >= 0.3 is 0 Å². The van der Waals surface area contributed by atoms with Gasteiger partial charge in [-0.2, -0.15) is 0 Å². The largest absolute Gasteiger partial charge is 0.381 e. The van der Waals surface area contributed by atoms with E-state index in [9.17, 15) is 0 Å². The Kier molecular flexibility index (Phi) is 4.31. The van der Waals surface area contributed by atoms with Gasteiger partial charge in [-0.25, -0.2) is 0 Å². The van der Waals surface area contributed by atoms with Crippen LogP contribution in [-0.2, 0) is 6.54 Å². The van der Waals surface area contributed by atoms with Crippen LogP contribution in [0.3, 0.4) is 0 Å². The molecule has 2 rings (SSSR count). The summed E-state index contributed by atoms with van der Waals surface area (Å²) in [4.78, 5) is 0. The second-order valence-electron chi connectivity index (χ2n) is 5.19. The summed E-state index contributed by atoms with van der Waals surface area (Å²) in [5.74, 6) is 0. The Morgan fingerprint density at radius 1 is 0.895 bits per heavy atom. The summed E-state index contributed by atoms with van der Waals surface area (Å²) < 4.78 is 1.15. The fourth-order valence-corrected chi connectivity index (χ4v) is 2.76. The van der Waals surface area contributed by atoms with Gasteiger partial charge in [-0.05, 0) is 62.1 Å². The molecule has 0 amide bonds. The van der Waals surface area contributed by atoms with Crippen LogP contribution in [0.15, 0.2) is 34.8 Å². The molecule has 1 N–H and O–H groups in total. The molecule has 2 aromatic carbocycles. The van der Waals surface area contributed by atoms with E-state index in [1.54, 1.807) is 0 Å². The van der Waals surface area contributed by atoms with Crippen LogP contribution in [0.25, 0.3) is 0 Å². The Bertz CT molecular complexity index is 579. The molecule has 0 saturated heterocycles. The van der Waals surface area contributed by atoms with Gasteiger partial charge in [0.05, 0.1) is 0 Å². The van der Waals surface area contributed by atoms with Crippen LogP contribution in [0.1, 0.15) is 27.8 Å². The van der Waals surface area contributed by atoms with E-state index in [2.05, 4.69) is 79.3 Å². The highest BCUT2D eigenvalue weighted by Gasteiger charge is 2.04. The zero-order valence-electron chi connectivity index (χ0n) is 12.0. The van der Waals surface area contributed by atoms with Gasteiger partial charge in [0.25, 0.3) is 0 Å². The summed E-state index contributed by atoms with van der Waals surface area (Å²) in [5.41, 5.74) is 7.84. The number of hydrogen-bond donors (Lipinski definition) is 1. The summed E-state index contributed by atoms with van der Waals surface area (Å²) in [6.07, 6.45) is 0. The fourth-order valence-electron chi connectivity index (χ4n) is 2.38. The van der Waals surface area contributed by atoms with Gasteiger partial charge in [0.2, 0.25) is 0 Å². The molecule has 0 unspecified atom stereocenters. The van der Waals surface area contributed by atoms with Crippen molar-refractivity contribution in [2.45, 2.75) is 34.2 Å². The molecular weight excluding hydrogens is 298 g/mol. The van der Waals surface area contributed by atoms with Crippen molar-refractivity contribution in [3.63, 3.8) is 0 Å². The molecule has 2 aromatic rings. The normalized spacial score (nSPS) is 10.6. The van der Waals surface area contributed by atoms with Gasteiger partial charge in [0.1, 0.15) is 0 Å². The molecule has 19 heavy (non-hydrogen) atoms. The topological polar surface area (TPSA) is 12.0 Å². The summed E-state index contributed by atoms with van der Waals surface area (Å²) in [6, 6.07) is 10.9. The first-order chi connectivity index (χ1) is 8.97. The third-order valence-electron chi connectivity index (χ3n) is 3.48. The van der Waals surface area contributed by atoms with Gasteiger partial charge in [-0.1, -0.05) is 39.7 Å². The van der Waals surface area contributed by atoms with E-state index in [0.29, 0.717) is 0 Å². The predicted octanol–water partition coefficient (Wildman–Crippen LogP) is 5.29. The van der Waals surface area contributed by atoms with E-state index < -0.39 is 0 Å². The molecule has 0 fully saturated rings. The van der Waals surface area contributed by atoms with Crippen molar-refractivity contribution in [3.05, 3.63) is 62.6 Å². The maximum Gasteiger partial charge on any atom is 0.0406 e. The zero-order valence-corrected chi connectivity index (χ0v) is 13.6. The van der Waals surface area contributed by atoms with Crippen molar-refractivity contribution in [3.8, 4) is 0 Å². The molecule has 0 aromatic heterocycles. The quantitative estimate of drug-likeness (QED) is 0.810. The monoisotopic (exact) mass is 317 g/mol. The summed E-state index contributed by atoms with van der Waals surface area (Å²) >= 11 is 3.57. The lowest BCUT2D eigenvalue weighted by Crippen LogP contribution is -2.04. The average molecular weight is 318 g/mol. The van der Waals surface area contributed by atoms with Gasteiger partial charge in [-0.3, -0.25) is 0 Å². The lowest BCUT2D eigenvalue weighted by atomic mass is 10.00. The van der Waals surface area contributed by atoms with Crippen molar-refractivity contribution in [2.24, 2.45) is 0 Å². The lowest BCUT2D eigenvalue weighted by molar-refractivity contribution is 1.08. The van der Waals surface area contributed by atoms with Crippen molar-refractivity contribution in [2.75, 3.05) is 5.32 Å². The highest BCUT2D eigenvalue weighted by atomic mass is 79.9. The second-order valence-corrected chi connectivity index (χ2v) is 6.05.